The first-order chi connectivity index (χ1) is 13.7. The second-order valence-electron chi connectivity index (χ2n) is 6.50. The molecule has 1 aliphatic heterocycles. The molecule has 0 bridgehead atoms. The smallest absolute Gasteiger partial charge is 0.165 e. The van der Waals surface area contributed by atoms with Crippen molar-refractivity contribution in [2.45, 2.75) is 6.42 Å². The van der Waals surface area contributed by atoms with Gasteiger partial charge < -0.3 is 10.2 Å². The summed E-state index contributed by atoms with van der Waals surface area (Å²) in [7, 11) is 0. The summed E-state index contributed by atoms with van der Waals surface area (Å²) in [6, 6.07) is 10.7. The molecular formula is C19H15ClFN7. The van der Waals surface area contributed by atoms with Crippen LogP contribution in [0.25, 0.3) is 22.4 Å². The minimum atomic E-state index is -0.433. The lowest BCUT2D eigenvalue weighted by atomic mass is 10.2. The molecule has 7 nitrogen and oxygen atoms in total. The molecule has 5 rings (SSSR count). The van der Waals surface area contributed by atoms with Crippen LogP contribution in [0, 0.1) is 5.82 Å². The van der Waals surface area contributed by atoms with Crippen LogP contribution in [0.15, 0.2) is 42.6 Å². The highest BCUT2D eigenvalue weighted by Gasteiger charge is 2.20. The van der Waals surface area contributed by atoms with Gasteiger partial charge in [0.25, 0.3) is 0 Å². The molecule has 0 aliphatic carbocycles. The molecule has 9 heteroatoms. The van der Waals surface area contributed by atoms with E-state index in [0.717, 1.165) is 37.1 Å². The maximum atomic E-state index is 13.6. The SMILES string of the molecule is Fc1cnc2[nH]nc(Nc3cc(N4CCC4)nc(-c4ccccc4Cl)n3)c2c1. The highest BCUT2D eigenvalue weighted by Crippen LogP contribution is 2.31. The summed E-state index contributed by atoms with van der Waals surface area (Å²) < 4.78 is 13.6. The van der Waals surface area contributed by atoms with E-state index in [4.69, 9.17) is 11.6 Å². The Bertz CT molecular complexity index is 1170. The average Bonchev–Trinajstić information content (AvgIpc) is 3.02. The van der Waals surface area contributed by atoms with E-state index in [-0.39, 0.29) is 0 Å². The Morgan fingerprint density at radius 3 is 2.79 bits per heavy atom. The van der Waals surface area contributed by atoms with Gasteiger partial charge >= 0.3 is 0 Å². The number of nitrogens with one attached hydrogen (secondary N) is 2. The van der Waals surface area contributed by atoms with Crippen LogP contribution in [0.4, 0.5) is 21.8 Å². The molecule has 0 atom stereocenters. The van der Waals surface area contributed by atoms with Crippen molar-refractivity contribution in [1.82, 2.24) is 25.1 Å². The van der Waals surface area contributed by atoms with Crippen molar-refractivity contribution in [1.29, 1.82) is 0 Å². The first-order valence-corrected chi connectivity index (χ1v) is 9.21. The van der Waals surface area contributed by atoms with Gasteiger partial charge in [-0.15, -0.1) is 0 Å². The Hall–Kier alpha value is -3.26. The molecule has 1 aromatic carbocycles. The van der Waals surface area contributed by atoms with Crippen molar-refractivity contribution in [3.05, 3.63) is 53.4 Å². The van der Waals surface area contributed by atoms with Crippen molar-refractivity contribution < 1.29 is 4.39 Å². The number of anilines is 3. The molecule has 28 heavy (non-hydrogen) atoms. The Morgan fingerprint density at radius 2 is 2.00 bits per heavy atom. The first-order valence-electron chi connectivity index (χ1n) is 8.83. The lowest BCUT2D eigenvalue weighted by molar-refractivity contribution is 0.609. The number of rotatable bonds is 4. The topological polar surface area (TPSA) is 82.6 Å². The van der Waals surface area contributed by atoms with Gasteiger partial charge in [-0.05, 0) is 24.6 Å². The highest BCUT2D eigenvalue weighted by molar-refractivity contribution is 6.33. The number of hydrogen-bond acceptors (Lipinski definition) is 6. The molecule has 0 radical (unpaired) electrons. The monoisotopic (exact) mass is 395 g/mol. The van der Waals surface area contributed by atoms with E-state index >= 15 is 0 Å². The van der Waals surface area contributed by atoms with Gasteiger partial charge in [-0.3, -0.25) is 5.10 Å². The fraction of sp³-hybridized carbons (Fsp3) is 0.158. The molecule has 4 heterocycles. The molecule has 1 fully saturated rings. The van der Waals surface area contributed by atoms with Gasteiger partial charge in [-0.25, -0.2) is 19.3 Å². The largest absolute Gasteiger partial charge is 0.356 e. The third kappa shape index (κ3) is 3.01. The second-order valence-corrected chi connectivity index (χ2v) is 6.91. The lowest BCUT2D eigenvalue weighted by Crippen LogP contribution is -2.37. The van der Waals surface area contributed by atoms with Gasteiger partial charge in [-0.1, -0.05) is 23.7 Å². The fourth-order valence-corrected chi connectivity index (χ4v) is 3.28. The van der Waals surface area contributed by atoms with Crippen molar-refractivity contribution >= 4 is 40.1 Å². The number of pyridine rings is 1. The summed E-state index contributed by atoms with van der Waals surface area (Å²) in [6.45, 7) is 1.89. The molecule has 2 N–H and O–H groups in total. The summed E-state index contributed by atoms with van der Waals surface area (Å²) >= 11 is 6.35. The summed E-state index contributed by atoms with van der Waals surface area (Å²) in [5.74, 6) is 1.88. The van der Waals surface area contributed by atoms with Gasteiger partial charge in [-0.2, -0.15) is 5.10 Å². The molecule has 0 saturated carbocycles. The molecule has 140 valence electrons. The van der Waals surface area contributed by atoms with Crippen molar-refractivity contribution in [2.24, 2.45) is 0 Å². The summed E-state index contributed by atoms with van der Waals surface area (Å²) in [4.78, 5) is 15.5. The van der Waals surface area contributed by atoms with Crippen molar-refractivity contribution in [2.75, 3.05) is 23.3 Å². The molecule has 0 unspecified atom stereocenters. The summed E-state index contributed by atoms with van der Waals surface area (Å²) in [5, 5.41) is 11.3. The van der Waals surface area contributed by atoms with Gasteiger partial charge in [0.2, 0.25) is 0 Å². The van der Waals surface area contributed by atoms with Crippen LogP contribution in [0.2, 0.25) is 5.02 Å². The molecule has 1 saturated heterocycles. The van der Waals surface area contributed by atoms with Crippen LogP contribution < -0.4 is 10.2 Å². The summed E-state index contributed by atoms with van der Waals surface area (Å²) in [6.07, 6.45) is 2.27. The highest BCUT2D eigenvalue weighted by atomic mass is 35.5. The minimum Gasteiger partial charge on any atom is -0.356 e. The number of aromatic amines is 1. The van der Waals surface area contributed by atoms with Crippen LogP contribution in [0.1, 0.15) is 6.42 Å². The van der Waals surface area contributed by atoms with Gasteiger partial charge in [0.15, 0.2) is 17.3 Å². The predicted octanol–water partition coefficient (Wildman–Crippen LogP) is 4.16. The van der Waals surface area contributed by atoms with Gasteiger partial charge in [0, 0.05) is 24.7 Å². The standard InChI is InChI=1S/C19H15ClFN7/c20-14-5-2-1-4-12(14)18-23-15(9-16(25-18)28-6-3-7-28)24-19-13-8-11(21)10-22-17(13)26-27-19/h1-2,4-5,8-10H,3,6-7H2,(H2,22,23,24,25,26,27). The van der Waals surface area contributed by atoms with Crippen LogP contribution in [0.5, 0.6) is 0 Å². The zero-order chi connectivity index (χ0) is 19.1. The van der Waals surface area contributed by atoms with E-state index in [0.29, 0.717) is 33.5 Å². The van der Waals surface area contributed by atoms with Gasteiger partial charge in [0.05, 0.1) is 16.6 Å². The molecular weight excluding hydrogens is 381 g/mol. The van der Waals surface area contributed by atoms with Crippen LogP contribution >= 0.6 is 11.6 Å². The zero-order valence-electron chi connectivity index (χ0n) is 14.7. The first kappa shape index (κ1) is 16.9. The number of fused-ring (bicyclic) bond motifs is 1. The van der Waals surface area contributed by atoms with E-state index in [1.54, 1.807) is 6.07 Å². The third-order valence-electron chi connectivity index (χ3n) is 4.64. The average molecular weight is 396 g/mol. The Morgan fingerprint density at radius 1 is 1.14 bits per heavy atom. The van der Waals surface area contributed by atoms with Gasteiger partial charge in [0.1, 0.15) is 17.5 Å². The van der Waals surface area contributed by atoms with Crippen molar-refractivity contribution in [3.8, 4) is 11.4 Å². The molecule has 0 amide bonds. The Kier molecular flexibility index (Phi) is 4.05. The number of halogens is 2. The molecule has 4 aromatic rings. The summed E-state index contributed by atoms with van der Waals surface area (Å²) in [5.41, 5.74) is 1.24. The normalized spacial score (nSPS) is 13.6. The maximum absolute atomic E-state index is 13.6. The molecule has 0 spiro atoms. The third-order valence-corrected chi connectivity index (χ3v) is 4.97. The second kappa shape index (κ2) is 6.72. The Balaban J connectivity index is 1.59. The lowest BCUT2D eigenvalue weighted by Gasteiger charge is -2.32. The van der Waals surface area contributed by atoms with Crippen molar-refractivity contribution in [3.63, 3.8) is 0 Å². The predicted molar refractivity (Wildman–Crippen MR) is 106 cm³/mol. The van der Waals surface area contributed by atoms with E-state index in [2.05, 4.69) is 35.4 Å². The van der Waals surface area contributed by atoms with E-state index in [1.807, 2.05) is 24.3 Å². The van der Waals surface area contributed by atoms with Crippen LogP contribution in [0.3, 0.4) is 0 Å². The number of benzene rings is 1. The quantitative estimate of drug-likeness (QED) is 0.540. The number of aromatic nitrogens is 5. The number of hydrogen-bond donors (Lipinski definition) is 2. The van der Waals surface area contributed by atoms with Crippen LogP contribution in [-0.4, -0.2) is 38.2 Å². The molecule has 1 aliphatic rings. The van der Waals surface area contributed by atoms with Crippen LogP contribution in [-0.2, 0) is 0 Å². The maximum Gasteiger partial charge on any atom is 0.165 e. The Labute approximate surface area is 164 Å². The zero-order valence-corrected chi connectivity index (χ0v) is 15.4. The minimum absolute atomic E-state index is 0.433. The molecule has 3 aromatic heterocycles. The van der Waals surface area contributed by atoms with E-state index in [1.165, 1.54) is 6.07 Å². The van der Waals surface area contributed by atoms with E-state index < -0.39 is 5.82 Å². The fourth-order valence-electron chi connectivity index (χ4n) is 3.06. The van der Waals surface area contributed by atoms with E-state index in [9.17, 15) is 4.39 Å². The number of H-pyrrole nitrogens is 1. The number of nitrogens with zero attached hydrogens (tertiary/aromatic N) is 5.